The van der Waals surface area contributed by atoms with E-state index in [4.69, 9.17) is 26.1 Å². The number of fused-ring (bicyclic) bond motifs is 1. The highest BCUT2D eigenvalue weighted by Gasteiger charge is 2.24. The molecule has 1 fully saturated rings. The fourth-order valence-corrected chi connectivity index (χ4v) is 5.22. The van der Waals surface area contributed by atoms with E-state index in [1.807, 2.05) is 12.1 Å². The van der Waals surface area contributed by atoms with E-state index in [2.05, 4.69) is 20.5 Å². The van der Waals surface area contributed by atoms with Gasteiger partial charge in [0.15, 0.2) is 0 Å². The van der Waals surface area contributed by atoms with Gasteiger partial charge in [-0.15, -0.1) is 0 Å². The summed E-state index contributed by atoms with van der Waals surface area (Å²) in [6, 6.07) is 13.4. The van der Waals surface area contributed by atoms with Crippen molar-refractivity contribution in [2.75, 3.05) is 19.7 Å². The molecule has 0 bridgehead atoms. The maximum absolute atomic E-state index is 14.1. The van der Waals surface area contributed by atoms with Gasteiger partial charge in [0.25, 0.3) is 0 Å². The van der Waals surface area contributed by atoms with Gasteiger partial charge in [-0.1, -0.05) is 23.7 Å². The van der Waals surface area contributed by atoms with E-state index < -0.39 is 11.8 Å². The number of aromatic carboxylic acids is 1. The highest BCUT2D eigenvalue weighted by molar-refractivity contribution is 6.30. The second kappa shape index (κ2) is 11.4. The number of nitrogens with zero attached hydrogens (tertiary/aromatic N) is 4. The quantitative estimate of drug-likeness (QED) is 0.285. The summed E-state index contributed by atoms with van der Waals surface area (Å²) in [5.41, 5.74) is 4.50. The summed E-state index contributed by atoms with van der Waals surface area (Å²) < 4.78 is 27.7. The van der Waals surface area contributed by atoms with Crippen LogP contribution in [0.5, 0.6) is 5.88 Å². The molecule has 1 saturated heterocycles. The van der Waals surface area contributed by atoms with Gasteiger partial charge >= 0.3 is 5.97 Å². The molecular formula is C30H28ClFN4O4. The first-order valence-electron chi connectivity index (χ1n) is 13.2. The molecule has 40 heavy (non-hydrogen) atoms. The minimum absolute atomic E-state index is 0.0626. The fraction of sp³-hybridized carbons (Fsp3) is 0.300. The topological polar surface area (TPSA) is 89.7 Å². The number of imidazole rings is 1. The standard InChI is InChI=1S/C30H28ClFN4O4/c31-23-3-1-22(25(32)15-23)18-40-29-14-20(5-9-33-29)19-6-10-35(11-7-19)17-28-34-26-4-2-21(30(37)38)13-27(26)36(28)16-24-8-12-39-24/h1-6,9,13-15,24H,7-8,10-12,16-18H2,(H,37,38)/t24-/m0/s1. The molecule has 0 unspecified atom stereocenters. The predicted octanol–water partition coefficient (Wildman–Crippen LogP) is 5.58. The summed E-state index contributed by atoms with van der Waals surface area (Å²) in [5, 5.41) is 9.82. The number of benzene rings is 2. The maximum Gasteiger partial charge on any atom is 0.335 e. The number of hydrogen-bond acceptors (Lipinski definition) is 6. The molecule has 0 aliphatic carbocycles. The first kappa shape index (κ1) is 26.4. The summed E-state index contributed by atoms with van der Waals surface area (Å²) in [6.45, 7) is 3.70. The molecule has 2 aromatic carbocycles. The zero-order chi connectivity index (χ0) is 27.6. The van der Waals surface area contributed by atoms with Gasteiger partial charge in [0.1, 0.15) is 18.2 Å². The Hall–Kier alpha value is -3.79. The molecule has 10 heteroatoms. The van der Waals surface area contributed by atoms with Gasteiger partial charge in [-0.3, -0.25) is 4.90 Å². The second-order valence-corrected chi connectivity index (χ2v) is 10.5. The molecule has 8 nitrogen and oxygen atoms in total. The Labute approximate surface area is 235 Å². The monoisotopic (exact) mass is 562 g/mol. The number of carboxylic acids is 1. The summed E-state index contributed by atoms with van der Waals surface area (Å²) in [5.74, 6) is -0.0248. The average molecular weight is 563 g/mol. The van der Waals surface area contributed by atoms with Gasteiger partial charge < -0.3 is 19.1 Å². The Bertz CT molecular complexity index is 1600. The number of halogens is 2. The van der Waals surface area contributed by atoms with Crippen LogP contribution in [0.2, 0.25) is 5.02 Å². The van der Waals surface area contributed by atoms with E-state index >= 15 is 0 Å². The second-order valence-electron chi connectivity index (χ2n) is 10.1. The van der Waals surface area contributed by atoms with E-state index in [-0.39, 0.29) is 18.3 Å². The van der Waals surface area contributed by atoms with Crippen LogP contribution < -0.4 is 4.74 Å². The SMILES string of the molecule is O=C(O)c1ccc2nc(CN3CC=C(c4ccnc(OCc5ccc(Cl)cc5F)c4)CC3)n(C[C@@H]3CCO3)c2c1. The van der Waals surface area contributed by atoms with Crippen molar-refractivity contribution in [3.8, 4) is 5.88 Å². The van der Waals surface area contributed by atoms with Gasteiger partial charge in [-0.25, -0.2) is 19.2 Å². The van der Waals surface area contributed by atoms with Gasteiger partial charge in [0.05, 0.1) is 35.8 Å². The van der Waals surface area contributed by atoms with Crippen molar-refractivity contribution in [1.82, 2.24) is 19.4 Å². The Kier molecular flexibility index (Phi) is 7.51. The normalized spacial score (nSPS) is 17.4. The van der Waals surface area contributed by atoms with Crippen LogP contribution in [-0.4, -0.2) is 56.3 Å². The van der Waals surface area contributed by atoms with Gasteiger partial charge in [0.2, 0.25) is 5.88 Å². The van der Waals surface area contributed by atoms with Crippen LogP contribution in [-0.2, 0) is 24.4 Å². The minimum Gasteiger partial charge on any atom is -0.478 e. The number of rotatable bonds is 9. The summed E-state index contributed by atoms with van der Waals surface area (Å²) in [7, 11) is 0. The Morgan fingerprint density at radius 3 is 2.80 bits per heavy atom. The lowest BCUT2D eigenvalue weighted by atomic mass is 10.0. The van der Waals surface area contributed by atoms with Crippen molar-refractivity contribution in [2.45, 2.75) is 38.6 Å². The largest absolute Gasteiger partial charge is 0.478 e. The number of carbonyl (C=O) groups is 1. The lowest BCUT2D eigenvalue weighted by Gasteiger charge is -2.29. The van der Waals surface area contributed by atoms with Crippen LogP contribution in [0.3, 0.4) is 0 Å². The fourth-order valence-electron chi connectivity index (χ4n) is 5.06. The van der Waals surface area contributed by atoms with E-state index in [1.165, 1.54) is 11.6 Å². The highest BCUT2D eigenvalue weighted by atomic mass is 35.5. The zero-order valence-corrected chi connectivity index (χ0v) is 22.5. The Balaban J connectivity index is 1.15. The molecule has 6 rings (SSSR count). The van der Waals surface area contributed by atoms with Crippen molar-refractivity contribution in [3.05, 3.63) is 94.2 Å². The Morgan fingerprint density at radius 1 is 1.20 bits per heavy atom. The number of ether oxygens (including phenoxy) is 2. The third-order valence-corrected chi connectivity index (χ3v) is 7.64. The summed E-state index contributed by atoms with van der Waals surface area (Å²) >= 11 is 5.83. The predicted molar refractivity (Wildman–Crippen MR) is 149 cm³/mol. The van der Waals surface area contributed by atoms with Crippen molar-refractivity contribution < 1.29 is 23.8 Å². The first-order valence-corrected chi connectivity index (χ1v) is 13.6. The highest BCUT2D eigenvalue weighted by Crippen LogP contribution is 2.27. The maximum atomic E-state index is 14.1. The van der Waals surface area contributed by atoms with Gasteiger partial charge in [0, 0.05) is 42.5 Å². The molecule has 4 heterocycles. The van der Waals surface area contributed by atoms with Gasteiger partial charge in [-0.05, 0) is 60.4 Å². The van der Waals surface area contributed by atoms with Crippen molar-refractivity contribution in [1.29, 1.82) is 0 Å². The van der Waals surface area contributed by atoms with E-state index in [1.54, 1.807) is 36.5 Å². The van der Waals surface area contributed by atoms with E-state index in [9.17, 15) is 14.3 Å². The summed E-state index contributed by atoms with van der Waals surface area (Å²) in [4.78, 5) is 23.0. The van der Waals surface area contributed by atoms with Crippen molar-refractivity contribution in [3.63, 3.8) is 0 Å². The smallest absolute Gasteiger partial charge is 0.335 e. The first-order chi connectivity index (χ1) is 19.4. The molecule has 0 radical (unpaired) electrons. The molecule has 0 spiro atoms. The molecule has 0 amide bonds. The number of pyridine rings is 1. The van der Waals surface area contributed by atoms with Crippen LogP contribution in [0.15, 0.2) is 60.8 Å². The van der Waals surface area contributed by atoms with Crippen LogP contribution in [0.1, 0.15) is 40.2 Å². The van der Waals surface area contributed by atoms with Crippen LogP contribution >= 0.6 is 11.6 Å². The van der Waals surface area contributed by atoms with Crippen LogP contribution in [0.25, 0.3) is 16.6 Å². The molecule has 2 aromatic heterocycles. The molecule has 1 N–H and O–H groups in total. The molecule has 2 aliphatic rings. The molecule has 4 aromatic rings. The zero-order valence-electron chi connectivity index (χ0n) is 21.7. The van der Waals surface area contributed by atoms with E-state index in [0.29, 0.717) is 29.6 Å². The Morgan fingerprint density at radius 2 is 2.08 bits per heavy atom. The number of aromatic nitrogens is 3. The van der Waals surface area contributed by atoms with Gasteiger partial charge in [-0.2, -0.15) is 0 Å². The number of carboxylic acid groups (broad SMARTS) is 1. The van der Waals surface area contributed by atoms with Crippen molar-refractivity contribution >= 4 is 34.2 Å². The molecule has 2 aliphatic heterocycles. The van der Waals surface area contributed by atoms with Crippen LogP contribution in [0.4, 0.5) is 4.39 Å². The number of hydrogen-bond donors (Lipinski definition) is 1. The van der Waals surface area contributed by atoms with Crippen molar-refractivity contribution in [2.24, 2.45) is 0 Å². The average Bonchev–Trinajstić information content (AvgIpc) is 3.26. The lowest BCUT2D eigenvalue weighted by molar-refractivity contribution is -0.0591. The van der Waals surface area contributed by atoms with Crippen LogP contribution in [0, 0.1) is 5.82 Å². The third kappa shape index (κ3) is 5.72. The summed E-state index contributed by atoms with van der Waals surface area (Å²) in [6.07, 6.45) is 5.85. The molecule has 1 atom stereocenters. The molecule has 206 valence electrons. The molecule has 0 saturated carbocycles. The minimum atomic E-state index is -0.952. The van der Waals surface area contributed by atoms with E-state index in [0.717, 1.165) is 55.0 Å². The molecular weight excluding hydrogens is 535 g/mol. The lowest BCUT2D eigenvalue weighted by Crippen LogP contribution is -2.33. The third-order valence-electron chi connectivity index (χ3n) is 7.41.